The first kappa shape index (κ1) is 16.6. The van der Waals surface area contributed by atoms with Gasteiger partial charge >= 0.3 is 5.97 Å². The van der Waals surface area contributed by atoms with E-state index in [-0.39, 0.29) is 18.8 Å². The fourth-order valence-electron chi connectivity index (χ4n) is 3.85. The van der Waals surface area contributed by atoms with E-state index in [1.165, 1.54) is 6.07 Å². The Balaban J connectivity index is 1.69. The van der Waals surface area contributed by atoms with Crippen LogP contribution in [-0.2, 0) is 11.2 Å². The van der Waals surface area contributed by atoms with Crippen molar-refractivity contribution in [3.8, 4) is 0 Å². The second kappa shape index (κ2) is 6.44. The van der Waals surface area contributed by atoms with E-state index in [4.69, 9.17) is 4.42 Å². The van der Waals surface area contributed by atoms with Gasteiger partial charge in [0.1, 0.15) is 17.2 Å². The number of benzene rings is 1. The Morgan fingerprint density at radius 1 is 1.31 bits per heavy atom. The van der Waals surface area contributed by atoms with Crippen LogP contribution in [0.1, 0.15) is 18.4 Å². The van der Waals surface area contributed by atoms with E-state index >= 15 is 0 Å². The molecule has 6 heteroatoms. The van der Waals surface area contributed by atoms with Gasteiger partial charge in [0.25, 0.3) is 0 Å². The molecule has 5 nitrogen and oxygen atoms in total. The van der Waals surface area contributed by atoms with Gasteiger partial charge in [-0.15, -0.1) is 0 Å². The van der Waals surface area contributed by atoms with Crippen molar-refractivity contribution in [2.45, 2.75) is 19.3 Å². The average Bonchev–Trinajstić information content (AvgIpc) is 3.12. The number of anilines is 1. The van der Waals surface area contributed by atoms with Crippen molar-refractivity contribution < 1.29 is 18.7 Å². The van der Waals surface area contributed by atoms with Crippen molar-refractivity contribution in [3.63, 3.8) is 0 Å². The molecule has 4 rings (SSSR count). The molecule has 0 unspecified atom stereocenters. The van der Waals surface area contributed by atoms with E-state index in [9.17, 15) is 14.3 Å². The number of pyridine rings is 1. The highest BCUT2D eigenvalue weighted by Crippen LogP contribution is 2.38. The van der Waals surface area contributed by atoms with Crippen LogP contribution in [0.5, 0.6) is 0 Å². The summed E-state index contributed by atoms with van der Waals surface area (Å²) < 4.78 is 19.6. The molecule has 0 aliphatic carbocycles. The van der Waals surface area contributed by atoms with Crippen LogP contribution in [0.25, 0.3) is 11.0 Å². The number of fused-ring (bicyclic) bond motifs is 1. The van der Waals surface area contributed by atoms with Crippen LogP contribution in [-0.4, -0.2) is 29.1 Å². The van der Waals surface area contributed by atoms with Gasteiger partial charge in [-0.3, -0.25) is 4.79 Å². The first-order chi connectivity index (χ1) is 12.6. The molecule has 1 aliphatic heterocycles. The summed E-state index contributed by atoms with van der Waals surface area (Å²) in [5, 5.41) is 10.9. The molecule has 0 spiro atoms. The monoisotopic (exact) mass is 354 g/mol. The van der Waals surface area contributed by atoms with Crippen LogP contribution < -0.4 is 4.90 Å². The highest BCUT2D eigenvalue weighted by atomic mass is 19.1. The molecule has 2 aromatic heterocycles. The van der Waals surface area contributed by atoms with Crippen LogP contribution in [0, 0.1) is 11.2 Å². The Morgan fingerprint density at radius 3 is 2.96 bits per heavy atom. The SMILES string of the molecule is O=C(O)[C@]1(Cc2ccccc2F)CCCN(c2nccc3occc23)C1. The first-order valence-electron chi connectivity index (χ1n) is 8.63. The van der Waals surface area contributed by atoms with Crippen molar-refractivity contribution in [2.24, 2.45) is 5.41 Å². The van der Waals surface area contributed by atoms with E-state index in [0.717, 1.165) is 16.8 Å². The molecule has 0 bridgehead atoms. The lowest BCUT2D eigenvalue weighted by Crippen LogP contribution is -2.49. The second-order valence-corrected chi connectivity index (χ2v) is 6.85. The second-order valence-electron chi connectivity index (χ2n) is 6.85. The molecular formula is C20H19FN2O3. The maximum absolute atomic E-state index is 14.1. The lowest BCUT2D eigenvalue weighted by atomic mass is 9.75. The summed E-state index contributed by atoms with van der Waals surface area (Å²) in [7, 11) is 0. The molecule has 3 aromatic rings. The summed E-state index contributed by atoms with van der Waals surface area (Å²) in [5.74, 6) is -0.541. The zero-order valence-corrected chi connectivity index (χ0v) is 14.2. The number of aliphatic carboxylic acids is 1. The third-order valence-electron chi connectivity index (χ3n) is 5.18. The third-order valence-corrected chi connectivity index (χ3v) is 5.18. The number of carboxylic acid groups (broad SMARTS) is 1. The fourth-order valence-corrected chi connectivity index (χ4v) is 3.85. The molecule has 0 radical (unpaired) electrons. The van der Waals surface area contributed by atoms with Gasteiger partial charge in [0.2, 0.25) is 0 Å². The Hall–Kier alpha value is -2.89. The van der Waals surface area contributed by atoms with Crippen LogP contribution in [0.15, 0.2) is 53.3 Å². The molecule has 134 valence electrons. The maximum Gasteiger partial charge on any atom is 0.311 e. The van der Waals surface area contributed by atoms with Gasteiger partial charge in [-0.25, -0.2) is 9.37 Å². The normalized spacial score (nSPS) is 20.4. The molecule has 0 saturated carbocycles. The number of carboxylic acids is 1. The highest BCUT2D eigenvalue weighted by molar-refractivity contribution is 5.89. The van der Waals surface area contributed by atoms with Crippen molar-refractivity contribution >= 4 is 22.8 Å². The van der Waals surface area contributed by atoms with E-state index in [1.54, 1.807) is 36.7 Å². The number of rotatable bonds is 4. The van der Waals surface area contributed by atoms with E-state index in [1.807, 2.05) is 11.0 Å². The van der Waals surface area contributed by atoms with Crippen LogP contribution in [0.3, 0.4) is 0 Å². The summed E-state index contributed by atoms with van der Waals surface area (Å²) in [5.41, 5.74) is 0.107. The van der Waals surface area contributed by atoms with Crippen LogP contribution in [0.4, 0.5) is 10.2 Å². The summed E-state index contributed by atoms with van der Waals surface area (Å²) in [6.45, 7) is 0.998. The molecule has 1 N–H and O–H groups in total. The Labute approximate surface area is 150 Å². The molecule has 1 saturated heterocycles. The standard InChI is InChI=1S/C20H19FN2O3/c21-16-5-2-1-4-14(16)12-20(19(24)25)8-3-10-23(13-20)18-15-7-11-26-17(15)6-9-22-18/h1-2,4-7,9,11H,3,8,10,12-13H2,(H,24,25)/t20-/m0/s1. The summed E-state index contributed by atoms with van der Waals surface area (Å²) in [4.78, 5) is 18.6. The summed E-state index contributed by atoms with van der Waals surface area (Å²) in [6, 6.07) is 10.0. The number of hydrogen-bond donors (Lipinski definition) is 1. The number of nitrogens with zero attached hydrogens (tertiary/aromatic N) is 2. The minimum Gasteiger partial charge on any atom is -0.481 e. The Morgan fingerprint density at radius 2 is 2.15 bits per heavy atom. The Bertz CT molecular complexity index is 955. The molecule has 26 heavy (non-hydrogen) atoms. The van der Waals surface area contributed by atoms with Crippen molar-refractivity contribution in [1.29, 1.82) is 0 Å². The largest absolute Gasteiger partial charge is 0.481 e. The van der Waals surface area contributed by atoms with Crippen molar-refractivity contribution in [2.75, 3.05) is 18.0 Å². The molecule has 1 aromatic carbocycles. The van der Waals surface area contributed by atoms with Crippen molar-refractivity contribution in [3.05, 3.63) is 60.2 Å². The smallest absolute Gasteiger partial charge is 0.311 e. The van der Waals surface area contributed by atoms with Crippen LogP contribution >= 0.6 is 0 Å². The molecule has 0 amide bonds. The molecule has 1 fully saturated rings. The molecule has 1 atom stereocenters. The zero-order valence-electron chi connectivity index (χ0n) is 14.2. The number of halogens is 1. The Kier molecular flexibility index (Phi) is 4.11. The maximum atomic E-state index is 14.1. The fraction of sp³-hybridized carbons (Fsp3) is 0.300. The van der Waals surface area contributed by atoms with Gasteiger partial charge in [0.15, 0.2) is 0 Å². The number of aromatic nitrogens is 1. The quantitative estimate of drug-likeness (QED) is 0.770. The van der Waals surface area contributed by atoms with E-state index < -0.39 is 11.4 Å². The third kappa shape index (κ3) is 2.81. The lowest BCUT2D eigenvalue weighted by molar-refractivity contribution is -0.149. The topological polar surface area (TPSA) is 66.6 Å². The molecule has 3 heterocycles. The minimum absolute atomic E-state index is 0.160. The molecule has 1 aliphatic rings. The highest BCUT2D eigenvalue weighted by Gasteiger charge is 2.43. The average molecular weight is 354 g/mol. The number of furan rings is 1. The van der Waals surface area contributed by atoms with Crippen molar-refractivity contribution in [1.82, 2.24) is 4.98 Å². The summed E-state index contributed by atoms with van der Waals surface area (Å²) in [6.07, 6.45) is 4.64. The van der Waals surface area contributed by atoms with Gasteiger partial charge in [-0.05, 0) is 43.0 Å². The predicted molar refractivity (Wildman–Crippen MR) is 95.6 cm³/mol. The van der Waals surface area contributed by atoms with Gasteiger partial charge in [-0.2, -0.15) is 0 Å². The zero-order chi connectivity index (χ0) is 18.1. The van der Waals surface area contributed by atoms with Crippen LogP contribution in [0.2, 0.25) is 0 Å². The minimum atomic E-state index is -1.05. The molecular weight excluding hydrogens is 335 g/mol. The van der Waals surface area contributed by atoms with E-state index in [0.29, 0.717) is 24.9 Å². The van der Waals surface area contributed by atoms with E-state index in [2.05, 4.69) is 4.98 Å². The summed E-state index contributed by atoms with van der Waals surface area (Å²) >= 11 is 0. The van der Waals surface area contributed by atoms with Gasteiger partial charge in [0.05, 0.1) is 17.1 Å². The van der Waals surface area contributed by atoms with Gasteiger partial charge in [0, 0.05) is 19.3 Å². The lowest BCUT2D eigenvalue weighted by Gasteiger charge is -2.40. The number of carbonyl (C=O) groups is 1. The predicted octanol–water partition coefficient (Wildman–Crippen LogP) is 3.88. The number of piperidine rings is 1. The number of hydrogen-bond acceptors (Lipinski definition) is 4. The first-order valence-corrected chi connectivity index (χ1v) is 8.63. The van der Waals surface area contributed by atoms with Gasteiger partial charge in [-0.1, -0.05) is 18.2 Å². The van der Waals surface area contributed by atoms with Gasteiger partial charge < -0.3 is 14.4 Å².